The van der Waals surface area contributed by atoms with E-state index in [-0.39, 0.29) is 6.04 Å². The van der Waals surface area contributed by atoms with Crippen molar-refractivity contribution >= 4 is 17.2 Å². The second-order valence-corrected chi connectivity index (χ2v) is 4.15. The number of carbonyl (C=O) groups is 1. The fourth-order valence-corrected chi connectivity index (χ4v) is 2.11. The Morgan fingerprint density at radius 3 is 2.80 bits per heavy atom. The van der Waals surface area contributed by atoms with Crippen LogP contribution in [0.5, 0.6) is 0 Å². The first-order valence-electron chi connectivity index (χ1n) is 4.77. The van der Waals surface area contributed by atoms with Gasteiger partial charge in [-0.15, -0.1) is 11.3 Å². The van der Waals surface area contributed by atoms with Crippen molar-refractivity contribution in [2.75, 3.05) is 0 Å². The third-order valence-electron chi connectivity index (χ3n) is 1.98. The topological polar surface area (TPSA) is 29.1 Å². The third-order valence-corrected chi connectivity index (χ3v) is 2.96. The standard InChI is InChI=1S/C10H13F2NOS/c1-2-4-7(8-5-3-6-15-8)13-10(14)9(11)12/h3,5-7,9H,2,4H2,1H3,(H,13,14). The van der Waals surface area contributed by atoms with E-state index < -0.39 is 12.3 Å². The molecule has 1 atom stereocenters. The first-order valence-corrected chi connectivity index (χ1v) is 5.65. The highest BCUT2D eigenvalue weighted by molar-refractivity contribution is 7.10. The number of thiophene rings is 1. The van der Waals surface area contributed by atoms with Crippen LogP contribution in [0.1, 0.15) is 30.7 Å². The predicted molar refractivity (Wildman–Crippen MR) is 56.1 cm³/mol. The Morgan fingerprint density at radius 2 is 2.33 bits per heavy atom. The fraction of sp³-hybridized carbons (Fsp3) is 0.500. The first kappa shape index (κ1) is 12.1. The van der Waals surface area contributed by atoms with Crippen molar-refractivity contribution in [2.24, 2.45) is 0 Å². The smallest absolute Gasteiger partial charge is 0.315 e. The van der Waals surface area contributed by atoms with Gasteiger partial charge in [0.05, 0.1) is 6.04 Å². The zero-order valence-corrected chi connectivity index (χ0v) is 9.19. The summed E-state index contributed by atoms with van der Waals surface area (Å²) in [5.41, 5.74) is 0. The van der Waals surface area contributed by atoms with Crippen molar-refractivity contribution < 1.29 is 13.6 Å². The number of carbonyl (C=O) groups excluding carboxylic acids is 1. The molecule has 84 valence electrons. The fourth-order valence-electron chi connectivity index (χ4n) is 1.30. The minimum absolute atomic E-state index is 0.281. The molecule has 0 fully saturated rings. The summed E-state index contributed by atoms with van der Waals surface area (Å²) in [7, 11) is 0. The van der Waals surface area contributed by atoms with E-state index in [9.17, 15) is 13.6 Å². The minimum Gasteiger partial charge on any atom is -0.344 e. The maximum Gasteiger partial charge on any atom is 0.315 e. The molecule has 5 heteroatoms. The van der Waals surface area contributed by atoms with Crippen LogP contribution in [0.4, 0.5) is 8.78 Å². The van der Waals surface area contributed by atoms with Gasteiger partial charge in [0, 0.05) is 4.88 Å². The molecule has 0 spiro atoms. The van der Waals surface area contributed by atoms with Crippen molar-refractivity contribution in [3.05, 3.63) is 22.4 Å². The lowest BCUT2D eigenvalue weighted by Gasteiger charge is -2.16. The van der Waals surface area contributed by atoms with Gasteiger partial charge < -0.3 is 5.32 Å². The molecule has 0 radical (unpaired) electrons. The summed E-state index contributed by atoms with van der Waals surface area (Å²) in [6.07, 6.45) is -1.42. The van der Waals surface area contributed by atoms with E-state index in [1.165, 1.54) is 11.3 Å². The van der Waals surface area contributed by atoms with E-state index >= 15 is 0 Å². The number of halogens is 2. The minimum atomic E-state index is -2.94. The van der Waals surface area contributed by atoms with Gasteiger partial charge in [-0.1, -0.05) is 19.4 Å². The van der Waals surface area contributed by atoms with Gasteiger partial charge in [-0.05, 0) is 17.9 Å². The van der Waals surface area contributed by atoms with Gasteiger partial charge >= 0.3 is 6.43 Å². The molecule has 0 aliphatic heterocycles. The van der Waals surface area contributed by atoms with Crippen LogP contribution in [-0.2, 0) is 4.79 Å². The number of amides is 1. The van der Waals surface area contributed by atoms with E-state index in [0.29, 0.717) is 6.42 Å². The van der Waals surface area contributed by atoms with Gasteiger partial charge in [0.25, 0.3) is 5.91 Å². The zero-order valence-electron chi connectivity index (χ0n) is 8.37. The highest BCUT2D eigenvalue weighted by Gasteiger charge is 2.20. The molecule has 0 bridgehead atoms. The van der Waals surface area contributed by atoms with Crippen molar-refractivity contribution in [1.82, 2.24) is 5.32 Å². The predicted octanol–water partition coefficient (Wildman–Crippen LogP) is 2.97. The third kappa shape index (κ3) is 3.58. The summed E-state index contributed by atoms with van der Waals surface area (Å²) in [5, 5.41) is 4.21. The molecule has 0 aliphatic carbocycles. The van der Waals surface area contributed by atoms with Gasteiger partial charge in [0.1, 0.15) is 0 Å². The van der Waals surface area contributed by atoms with Crippen molar-refractivity contribution in [3.8, 4) is 0 Å². The van der Waals surface area contributed by atoms with Crippen LogP contribution in [0.3, 0.4) is 0 Å². The molecule has 1 rings (SSSR count). The largest absolute Gasteiger partial charge is 0.344 e. The number of alkyl halides is 2. The van der Waals surface area contributed by atoms with Gasteiger partial charge in [-0.3, -0.25) is 4.79 Å². The van der Waals surface area contributed by atoms with Crippen LogP contribution in [0.15, 0.2) is 17.5 Å². The number of rotatable bonds is 5. The highest BCUT2D eigenvalue weighted by atomic mass is 32.1. The van der Waals surface area contributed by atoms with Crippen molar-refractivity contribution in [3.63, 3.8) is 0 Å². The molecule has 0 saturated carbocycles. The SMILES string of the molecule is CCCC(NC(=O)C(F)F)c1cccs1. The number of hydrogen-bond donors (Lipinski definition) is 1. The maximum absolute atomic E-state index is 12.1. The van der Waals surface area contributed by atoms with Gasteiger partial charge in [0.2, 0.25) is 0 Å². The lowest BCUT2D eigenvalue weighted by molar-refractivity contribution is -0.132. The van der Waals surface area contributed by atoms with Crippen LogP contribution < -0.4 is 5.32 Å². The number of hydrogen-bond acceptors (Lipinski definition) is 2. The van der Waals surface area contributed by atoms with Crippen LogP contribution >= 0.6 is 11.3 Å². The summed E-state index contributed by atoms with van der Waals surface area (Å²) in [6, 6.07) is 3.41. The second kappa shape index (κ2) is 5.80. The quantitative estimate of drug-likeness (QED) is 0.832. The van der Waals surface area contributed by atoms with Crippen molar-refractivity contribution in [2.45, 2.75) is 32.2 Å². The monoisotopic (exact) mass is 233 g/mol. The average molecular weight is 233 g/mol. The molecule has 1 amide bonds. The molecule has 1 aromatic heterocycles. The molecule has 0 aromatic carbocycles. The lowest BCUT2D eigenvalue weighted by atomic mass is 10.1. The summed E-state index contributed by atoms with van der Waals surface area (Å²) in [5.74, 6) is -1.19. The highest BCUT2D eigenvalue weighted by Crippen LogP contribution is 2.23. The molecule has 0 saturated heterocycles. The van der Waals surface area contributed by atoms with E-state index in [0.717, 1.165) is 11.3 Å². The molecule has 1 aromatic rings. The molecule has 2 nitrogen and oxygen atoms in total. The Hall–Kier alpha value is -0.970. The maximum atomic E-state index is 12.1. The van der Waals surface area contributed by atoms with Crippen molar-refractivity contribution in [1.29, 1.82) is 0 Å². The Bertz CT molecular complexity index is 300. The zero-order chi connectivity index (χ0) is 11.3. The van der Waals surface area contributed by atoms with Gasteiger partial charge in [-0.25, -0.2) is 0 Å². The lowest BCUT2D eigenvalue weighted by Crippen LogP contribution is -2.32. The normalized spacial score (nSPS) is 12.8. The van der Waals surface area contributed by atoms with E-state index in [1.54, 1.807) is 0 Å². The molecule has 1 heterocycles. The summed E-state index contributed by atoms with van der Waals surface area (Å²) in [6.45, 7) is 1.95. The molecular weight excluding hydrogens is 220 g/mol. The summed E-state index contributed by atoms with van der Waals surface area (Å²) < 4.78 is 24.1. The van der Waals surface area contributed by atoms with E-state index in [2.05, 4.69) is 5.32 Å². The second-order valence-electron chi connectivity index (χ2n) is 3.17. The van der Waals surface area contributed by atoms with Crippen LogP contribution in [0, 0.1) is 0 Å². The van der Waals surface area contributed by atoms with E-state index in [1.807, 2.05) is 24.4 Å². The molecular formula is C10H13F2NOS. The van der Waals surface area contributed by atoms with Gasteiger partial charge in [0.15, 0.2) is 0 Å². The summed E-state index contributed by atoms with van der Waals surface area (Å²) in [4.78, 5) is 11.8. The van der Waals surface area contributed by atoms with Crippen LogP contribution in [0.2, 0.25) is 0 Å². The molecule has 1 N–H and O–H groups in total. The van der Waals surface area contributed by atoms with Gasteiger partial charge in [-0.2, -0.15) is 8.78 Å². The Labute approximate surface area is 91.3 Å². The van der Waals surface area contributed by atoms with Crippen LogP contribution in [-0.4, -0.2) is 12.3 Å². The molecule has 0 aliphatic rings. The average Bonchev–Trinajstić information content (AvgIpc) is 2.69. The summed E-state index contributed by atoms with van der Waals surface area (Å²) >= 11 is 1.47. The Morgan fingerprint density at radius 1 is 1.60 bits per heavy atom. The molecule has 15 heavy (non-hydrogen) atoms. The van der Waals surface area contributed by atoms with E-state index in [4.69, 9.17) is 0 Å². The van der Waals surface area contributed by atoms with Crippen LogP contribution in [0.25, 0.3) is 0 Å². The molecule has 1 unspecified atom stereocenters. The number of nitrogens with one attached hydrogen (secondary N) is 1. The first-order chi connectivity index (χ1) is 7.15. The Kier molecular flexibility index (Phi) is 4.68. The Balaban J connectivity index is 2.63.